The average molecular weight is 276 g/mol. The average Bonchev–Trinajstić information content (AvgIpc) is 2.63. The molecular formula is C15H14ClNO2. The first-order valence-electron chi connectivity index (χ1n) is 5.85. The number of aromatic nitrogens is 1. The van der Waals surface area contributed by atoms with Crippen molar-refractivity contribution < 1.29 is 9.90 Å². The van der Waals surface area contributed by atoms with E-state index in [4.69, 9.17) is 16.7 Å². The molecule has 1 heterocycles. The van der Waals surface area contributed by atoms with Crippen LogP contribution in [0.1, 0.15) is 17.0 Å². The Bertz CT molecular complexity index is 656. The lowest BCUT2D eigenvalue weighted by atomic mass is 10.2. The Morgan fingerprint density at radius 1 is 1.32 bits per heavy atom. The topological polar surface area (TPSA) is 42.2 Å². The molecule has 0 aliphatic rings. The lowest BCUT2D eigenvalue weighted by Crippen LogP contribution is -1.99. The van der Waals surface area contributed by atoms with Gasteiger partial charge in [-0.05, 0) is 43.7 Å². The van der Waals surface area contributed by atoms with Gasteiger partial charge in [-0.25, -0.2) is 4.79 Å². The third-order valence-electron chi connectivity index (χ3n) is 2.97. The number of carboxylic acid groups (broad SMARTS) is 1. The Kier molecular flexibility index (Phi) is 3.76. The van der Waals surface area contributed by atoms with Gasteiger partial charge in [0.1, 0.15) is 0 Å². The fraction of sp³-hybridized carbons (Fsp3) is 0.133. The zero-order chi connectivity index (χ0) is 14.0. The molecular weight excluding hydrogens is 262 g/mol. The van der Waals surface area contributed by atoms with Crippen molar-refractivity contribution in [3.05, 3.63) is 58.4 Å². The van der Waals surface area contributed by atoms with Crippen LogP contribution in [0.5, 0.6) is 0 Å². The molecule has 0 unspecified atom stereocenters. The van der Waals surface area contributed by atoms with Gasteiger partial charge in [0, 0.05) is 17.5 Å². The standard InChI is InChI=1S/C15H14ClNO2/c1-10-9-12(7-8-15(18)19)11(2)17(10)14-6-4-3-5-13(14)16/h3-9H,1-2H3,(H,18,19). The maximum atomic E-state index is 10.6. The summed E-state index contributed by atoms with van der Waals surface area (Å²) in [6.45, 7) is 3.91. The van der Waals surface area contributed by atoms with Gasteiger partial charge in [-0.15, -0.1) is 0 Å². The Labute approximate surface area is 116 Å². The van der Waals surface area contributed by atoms with Crippen LogP contribution in [0.15, 0.2) is 36.4 Å². The number of hydrogen-bond donors (Lipinski definition) is 1. The highest BCUT2D eigenvalue weighted by Gasteiger charge is 2.11. The molecule has 0 radical (unpaired) electrons. The van der Waals surface area contributed by atoms with Crippen molar-refractivity contribution in [1.29, 1.82) is 0 Å². The van der Waals surface area contributed by atoms with Gasteiger partial charge < -0.3 is 9.67 Å². The number of aliphatic carboxylic acids is 1. The minimum absolute atomic E-state index is 0.665. The molecule has 0 fully saturated rings. The van der Waals surface area contributed by atoms with Crippen molar-refractivity contribution in [2.24, 2.45) is 0 Å². The van der Waals surface area contributed by atoms with Crippen LogP contribution in [-0.2, 0) is 4.79 Å². The SMILES string of the molecule is Cc1cc(C=CC(=O)O)c(C)n1-c1ccccc1Cl. The molecule has 1 aromatic heterocycles. The van der Waals surface area contributed by atoms with Gasteiger partial charge in [-0.2, -0.15) is 0 Å². The number of rotatable bonds is 3. The van der Waals surface area contributed by atoms with Crippen LogP contribution in [0.2, 0.25) is 5.02 Å². The van der Waals surface area contributed by atoms with Crippen LogP contribution in [0.3, 0.4) is 0 Å². The first kappa shape index (κ1) is 13.4. The molecule has 0 amide bonds. The number of benzene rings is 1. The van der Waals surface area contributed by atoms with Gasteiger partial charge in [0.05, 0.1) is 10.7 Å². The summed E-state index contributed by atoms with van der Waals surface area (Å²) in [7, 11) is 0. The van der Waals surface area contributed by atoms with Gasteiger partial charge in [-0.1, -0.05) is 23.7 Å². The molecule has 3 nitrogen and oxygen atoms in total. The minimum Gasteiger partial charge on any atom is -0.478 e. The third kappa shape index (κ3) is 2.71. The van der Waals surface area contributed by atoms with E-state index in [0.717, 1.165) is 28.7 Å². The Morgan fingerprint density at radius 3 is 2.63 bits per heavy atom. The van der Waals surface area contributed by atoms with E-state index in [-0.39, 0.29) is 0 Å². The molecule has 0 spiro atoms. The molecule has 19 heavy (non-hydrogen) atoms. The molecule has 1 N–H and O–H groups in total. The number of halogens is 1. The van der Waals surface area contributed by atoms with Crippen molar-refractivity contribution in [2.75, 3.05) is 0 Å². The summed E-state index contributed by atoms with van der Waals surface area (Å²) < 4.78 is 2.02. The fourth-order valence-electron chi connectivity index (χ4n) is 2.12. The monoisotopic (exact) mass is 275 g/mol. The van der Waals surface area contributed by atoms with Gasteiger partial charge in [0.15, 0.2) is 0 Å². The minimum atomic E-state index is -0.956. The van der Waals surface area contributed by atoms with E-state index in [1.165, 1.54) is 0 Å². The predicted molar refractivity (Wildman–Crippen MR) is 76.9 cm³/mol. The molecule has 0 bridgehead atoms. The quantitative estimate of drug-likeness (QED) is 0.865. The second-order valence-electron chi connectivity index (χ2n) is 4.28. The number of carboxylic acids is 1. The highest BCUT2D eigenvalue weighted by atomic mass is 35.5. The third-order valence-corrected chi connectivity index (χ3v) is 3.29. The Hall–Kier alpha value is -2.00. The van der Waals surface area contributed by atoms with Gasteiger partial charge in [0.2, 0.25) is 0 Å². The van der Waals surface area contributed by atoms with Crippen LogP contribution in [0, 0.1) is 13.8 Å². The number of hydrogen-bond acceptors (Lipinski definition) is 1. The van der Waals surface area contributed by atoms with E-state index >= 15 is 0 Å². The van der Waals surface area contributed by atoms with E-state index in [9.17, 15) is 4.79 Å². The van der Waals surface area contributed by atoms with Crippen molar-refractivity contribution in [2.45, 2.75) is 13.8 Å². The second-order valence-corrected chi connectivity index (χ2v) is 4.69. The van der Waals surface area contributed by atoms with E-state index in [2.05, 4.69) is 0 Å². The molecule has 0 saturated heterocycles. The van der Waals surface area contributed by atoms with Crippen molar-refractivity contribution in [3.8, 4) is 5.69 Å². The maximum absolute atomic E-state index is 10.6. The molecule has 2 aromatic rings. The van der Waals surface area contributed by atoms with Crippen molar-refractivity contribution in [1.82, 2.24) is 4.57 Å². The summed E-state index contributed by atoms with van der Waals surface area (Å²) >= 11 is 6.21. The molecule has 0 aliphatic heterocycles. The summed E-state index contributed by atoms with van der Waals surface area (Å²) in [5.74, 6) is -0.956. The number of para-hydroxylation sites is 1. The van der Waals surface area contributed by atoms with E-state index < -0.39 is 5.97 Å². The van der Waals surface area contributed by atoms with Gasteiger partial charge in [0.25, 0.3) is 0 Å². The Balaban J connectivity index is 2.54. The summed E-state index contributed by atoms with van der Waals surface area (Å²) in [4.78, 5) is 10.6. The molecule has 4 heteroatoms. The molecule has 0 saturated carbocycles. The smallest absolute Gasteiger partial charge is 0.328 e. The van der Waals surface area contributed by atoms with E-state index in [0.29, 0.717) is 5.02 Å². The molecule has 2 rings (SSSR count). The number of nitrogens with zero attached hydrogens (tertiary/aromatic N) is 1. The predicted octanol–water partition coefficient (Wildman–Crippen LogP) is 3.85. The number of aryl methyl sites for hydroxylation is 1. The van der Waals surface area contributed by atoms with Gasteiger partial charge in [-0.3, -0.25) is 0 Å². The molecule has 98 valence electrons. The van der Waals surface area contributed by atoms with E-state index in [1.807, 2.05) is 48.7 Å². The number of carbonyl (C=O) groups is 1. The Morgan fingerprint density at radius 2 is 2.00 bits per heavy atom. The van der Waals surface area contributed by atoms with Crippen molar-refractivity contribution in [3.63, 3.8) is 0 Å². The lowest BCUT2D eigenvalue weighted by Gasteiger charge is -2.11. The first-order chi connectivity index (χ1) is 9.00. The summed E-state index contributed by atoms with van der Waals surface area (Å²) in [6, 6.07) is 9.52. The largest absolute Gasteiger partial charge is 0.478 e. The fourth-order valence-corrected chi connectivity index (χ4v) is 2.34. The van der Waals surface area contributed by atoms with Crippen molar-refractivity contribution >= 4 is 23.6 Å². The summed E-state index contributed by atoms with van der Waals surface area (Å²) in [5, 5.41) is 9.35. The van der Waals surface area contributed by atoms with Gasteiger partial charge >= 0.3 is 5.97 Å². The summed E-state index contributed by atoms with van der Waals surface area (Å²) in [6.07, 6.45) is 2.73. The summed E-state index contributed by atoms with van der Waals surface area (Å²) in [5.41, 5.74) is 3.74. The van der Waals surface area contributed by atoms with Crippen LogP contribution in [-0.4, -0.2) is 15.6 Å². The normalized spacial score (nSPS) is 11.1. The molecule has 0 aliphatic carbocycles. The zero-order valence-corrected chi connectivity index (χ0v) is 11.5. The maximum Gasteiger partial charge on any atom is 0.328 e. The van der Waals surface area contributed by atoms with E-state index in [1.54, 1.807) is 6.08 Å². The molecule has 0 atom stereocenters. The highest BCUT2D eigenvalue weighted by molar-refractivity contribution is 6.32. The molecule has 1 aromatic carbocycles. The van der Waals surface area contributed by atoms with Crippen LogP contribution >= 0.6 is 11.6 Å². The van der Waals surface area contributed by atoms with Crippen LogP contribution < -0.4 is 0 Å². The van der Waals surface area contributed by atoms with Crippen LogP contribution in [0.25, 0.3) is 11.8 Å². The second kappa shape index (κ2) is 5.33. The lowest BCUT2D eigenvalue weighted by molar-refractivity contribution is -0.131. The highest BCUT2D eigenvalue weighted by Crippen LogP contribution is 2.26. The zero-order valence-electron chi connectivity index (χ0n) is 10.7. The van der Waals surface area contributed by atoms with Crippen LogP contribution in [0.4, 0.5) is 0 Å². The first-order valence-corrected chi connectivity index (χ1v) is 6.23.